The van der Waals surface area contributed by atoms with Crippen LogP contribution in [0, 0.1) is 0 Å². The van der Waals surface area contributed by atoms with Crippen molar-refractivity contribution in [2.24, 2.45) is 0 Å². The molecule has 0 N–H and O–H groups in total. The van der Waals surface area contributed by atoms with Gasteiger partial charge in [-0.3, -0.25) is 0 Å². The monoisotopic (exact) mass is 937 g/mol. The van der Waals surface area contributed by atoms with Crippen molar-refractivity contribution in [2.75, 3.05) is 4.90 Å². The predicted octanol–water partition coefficient (Wildman–Crippen LogP) is 19.5. The van der Waals surface area contributed by atoms with Crippen LogP contribution in [0.15, 0.2) is 224 Å². The summed E-state index contributed by atoms with van der Waals surface area (Å²) in [6.45, 7) is 14.2. The van der Waals surface area contributed by atoms with E-state index in [9.17, 15) is 0 Å². The van der Waals surface area contributed by atoms with Crippen LogP contribution in [0.5, 0.6) is 11.5 Å². The quantitative estimate of drug-likeness (QED) is 0.165. The first kappa shape index (κ1) is 43.3. The van der Waals surface area contributed by atoms with Crippen LogP contribution in [0.2, 0.25) is 0 Å². The highest BCUT2D eigenvalue weighted by Crippen LogP contribution is 2.56. The van der Waals surface area contributed by atoms with E-state index in [1.165, 1.54) is 99.4 Å². The Hall–Kier alpha value is -8.46. The molecule has 1 heterocycles. The number of ether oxygens (including phenoxy) is 1. The number of rotatable bonds is 6. The van der Waals surface area contributed by atoms with Gasteiger partial charge in [0.2, 0.25) is 0 Å². The molecule has 73 heavy (non-hydrogen) atoms. The molecule has 0 saturated carbocycles. The molecule has 0 spiro atoms. The van der Waals surface area contributed by atoms with E-state index in [0.717, 1.165) is 39.7 Å². The Kier molecular flexibility index (Phi) is 9.36. The summed E-state index contributed by atoms with van der Waals surface area (Å²) < 4.78 is 6.78. The van der Waals surface area contributed by atoms with Gasteiger partial charge in [0.25, 0.3) is 0 Å². The lowest BCUT2D eigenvalue weighted by Gasteiger charge is -2.35. The maximum atomic E-state index is 6.78. The molecule has 0 aromatic heterocycles. The molecule has 2 nitrogen and oxygen atoms in total. The van der Waals surface area contributed by atoms with Crippen molar-refractivity contribution in [3.05, 3.63) is 258 Å². The van der Waals surface area contributed by atoms with Gasteiger partial charge in [0.05, 0.1) is 0 Å². The van der Waals surface area contributed by atoms with Crippen molar-refractivity contribution in [2.45, 2.75) is 57.8 Å². The molecule has 0 saturated heterocycles. The minimum absolute atomic E-state index is 0.200. The van der Waals surface area contributed by atoms with E-state index in [0.29, 0.717) is 0 Å². The van der Waals surface area contributed by atoms with Gasteiger partial charge >= 0.3 is 0 Å². The Morgan fingerprint density at radius 2 is 0.685 bits per heavy atom. The summed E-state index contributed by atoms with van der Waals surface area (Å²) in [5.41, 5.74) is 23.0. The standard InChI is InChI=1S/C71H55NO/c1-69(2)61-25-11-12-27-67(61)73-68-56(24-15-26-62(68)69)46-28-32-49(33-29-46)72(50-34-38-59-57-36-30-47(40-63(57)70(3,4)65(59)42-50)54-22-13-18-44-16-7-9-20-52(44)54)51-35-39-60-58-37-31-48(41-64(58)71(5,6)66(60)43-51)55-23-14-19-45-17-8-10-21-53(45)55/h7-43H,1-6H3. The lowest BCUT2D eigenvalue weighted by Crippen LogP contribution is -2.24. The summed E-state index contributed by atoms with van der Waals surface area (Å²) in [5, 5.41) is 5.08. The molecule has 14 rings (SSSR count). The smallest absolute Gasteiger partial charge is 0.139 e. The van der Waals surface area contributed by atoms with Gasteiger partial charge in [-0.1, -0.05) is 211 Å². The van der Waals surface area contributed by atoms with E-state index >= 15 is 0 Å². The lowest BCUT2D eigenvalue weighted by molar-refractivity contribution is 0.419. The van der Waals surface area contributed by atoms with Crippen LogP contribution >= 0.6 is 0 Å². The number of para-hydroxylation sites is 2. The lowest BCUT2D eigenvalue weighted by atomic mass is 9.75. The fourth-order valence-electron chi connectivity index (χ4n) is 12.9. The highest BCUT2D eigenvalue weighted by Gasteiger charge is 2.39. The topological polar surface area (TPSA) is 12.5 Å². The minimum Gasteiger partial charge on any atom is -0.456 e. The molecular formula is C71H55NO. The van der Waals surface area contributed by atoms with Crippen molar-refractivity contribution >= 4 is 38.6 Å². The average Bonchev–Trinajstić information content (AvgIpc) is 3.79. The van der Waals surface area contributed by atoms with Crippen LogP contribution in [0.3, 0.4) is 0 Å². The van der Waals surface area contributed by atoms with Gasteiger partial charge in [-0.2, -0.15) is 0 Å². The minimum atomic E-state index is -0.237. The molecule has 0 fully saturated rings. The van der Waals surface area contributed by atoms with Crippen molar-refractivity contribution in [1.82, 2.24) is 0 Å². The maximum absolute atomic E-state index is 6.78. The van der Waals surface area contributed by atoms with Crippen LogP contribution in [0.4, 0.5) is 17.1 Å². The Balaban J connectivity index is 0.886. The molecule has 11 aromatic rings. The van der Waals surface area contributed by atoms with Crippen LogP contribution < -0.4 is 9.64 Å². The van der Waals surface area contributed by atoms with Gasteiger partial charge in [-0.05, 0) is 148 Å². The number of benzene rings is 11. The highest BCUT2D eigenvalue weighted by atomic mass is 16.5. The van der Waals surface area contributed by atoms with E-state index in [2.05, 4.69) is 271 Å². The summed E-state index contributed by atoms with van der Waals surface area (Å²) in [7, 11) is 0. The maximum Gasteiger partial charge on any atom is 0.139 e. The van der Waals surface area contributed by atoms with E-state index in [1.807, 2.05) is 0 Å². The van der Waals surface area contributed by atoms with Gasteiger partial charge < -0.3 is 9.64 Å². The van der Waals surface area contributed by atoms with E-state index in [-0.39, 0.29) is 16.2 Å². The van der Waals surface area contributed by atoms with Crippen LogP contribution in [0.25, 0.3) is 77.2 Å². The molecule has 0 amide bonds. The van der Waals surface area contributed by atoms with Crippen molar-refractivity contribution in [3.8, 4) is 67.1 Å². The normalized spacial score (nSPS) is 14.9. The Bertz CT molecular complexity index is 3890. The zero-order valence-electron chi connectivity index (χ0n) is 42.2. The average molecular weight is 938 g/mol. The van der Waals surface area contributed by atoms with E-state index in [4.69, 9.17) is 4.74 Å². The summed E-state index contributed by atoms with van der Waals surface area (Å²) in [6.07, 6.45) is 0. The van der Waals surface area contributed by atoms with Crippen molar-refractivity contribution < 1.29 is 4.74 Å². The Labute approximate surface area is 428 Å². The fourth-order valence-corrected chi connectivity index (χ4v) is 12.9. The third-order valence-electron chi connectivity index (χ3n) is 16.9. The summed E-state index contributed by atoms with van der Waals surface area (Å²) in [4.78, 5) is 2.47. The molecule has 1 aliphatic heterocycles. The van der Waals surface area contributed by atoms with E-state index in [1.54, 1.807) is 0 Å². The number of fused-ring (bicyclic) bond motifs is 10. The summed E-state index contributed by atoms with van der Waals surface area (Å²) >= 11 is 0. The Morgan fingerprint density at radius 1 is 0.288 bits per heavy atom. The second-order valence-electron chi connectivity index (χ2n) is 22.1. The molecule has 350 valence electrons. The van der Waals surface area contributed by atoms with Crippen LogP contribution in [-0.2, 0) is 16.2 Å². The highest BCUT2D eigenvalue weighted by molar-refractivity contribution is 5.99. The molecule has 2 heteroatoms. The van der Waals surface area contributed by atoms with Gasteiger partial charge in [0, 0.05) is 50.0 Å². The van der Waals surface area contributed by atoms with Crippen molar-refractivity contribution in [3.63, 3.8) is 0 Å². The van der Waals surface area contributed by atoms with Gasteiger partial charge in [-0.25, -0.2) is 0 Å². The first-order valence-corrected chi connectivity index (χ1v) is 25.8. The largest absolute Gasteiger partial charge is 0.456 e. The van der Waals surface area contributed by atoms with Crippen LogP contribution in [-0.4, -0.2) is 0 Å². The third-order valence-corrected chi connectivity index (χ3v) is 16.9. The van der Waals surface area contributed by atoms with Gasteiger partial charge in [0.15, 0.2) is 0 Å². The SMILES string of the molecule is CC1(C)c2cc(-c3cccc4ccccc34)ccc2-c2ccc(N(c3ccc(-c4cccc5c4Oc4ccccc4C5(C)C)cc3)c3ccc4c(c3)C(C)(C)c3cc(-c5cccc6ccccc56)ccc3-4)cc21. The predicted molar refractivity (Wildman–Crippen MR) is 306 cm³/mol. The molecular weight excluding hydrogens is 883 g/mol. The number of anilines is 3. The first-order valence-electron chi connectivity index (χ1n) is 25.8. The van der Waals surface area contributed by atoms with Crippen molar-refractivity contribution in [1.29, 1.82) is 0 Å². The Morgan fingerprint density at radius 3 is 1.25 bits per heavy atom. The zero-order chi connectivity index (χ0) is 49.4. The second kappa shape index (κ2) is 15.8. The summed E-state index contributed by atoms with van der Waals surface area (Å²) in [6, 6.07) is 83.5. The zero-order valence-corrected chi connectivity index (χ0v) is 42.2. The molecule has 0 unspecified atom stereocenters. The molecule has 0 radical (unpaired) electrons. The second-order valence-corrected chi connectivity index (χ2v) is 22.1. The molecule has 2 aliphatic carbocycles. The number of hydrogen-bond acceptors (Lipinski definition) is 2. The number of hydrogen-bond donors (Lipinski definition) is 0. The fraction of sp³-hybridized carbons (Fsp3) is 0.127. The van der Waals surface area contributed by atoms with E-state index < -0.39 is 0 Å². The third kappa shape index (κ3) is 6.49. The number of nitrogens with zero attached hydrogens (tertiary/aromatic N) is 1. The van der Waals surface area contributed by atoms with Crippen LogP contribution in [0.1, 0.15) is 74.9 Å². The summed E-state index contributed by atoms with van der Waals surface area (Å²) in [5.74, 6) is 1.86. The van der Waals surface area contributed by atoms with Gasteiger partial charge in [0.1, 0.15) is 11.5 Å². The molecule has 0 bridgehead atoms. The van der Waals surface area contributed by atoms with Gasteiger partial charge in [-0.15, -0.1) is 0 Å². The first-order chi connectivity index (χ1) is 35.4. The molecule has 11 aromatic carbocycles. The molecule has 3 aliphatic rings. The molecule has 0 atom stereocenters.